The summed E-state index contributed by atoms with van der Waals surface area (Å²) >= 11 is 0. The molecule has 2 bridgehead atoms. The van der Waals surface area contributed by atoms with Gasteiger partial charge in [-0.3, -0.25) is 0 Å². The highest BCUT2D eigenvalue weighted by molar-refractivity contribution is 5.29. The van der Waals surface area contributed by atoms with E-state index in [2.05, 4.69) is 24.3 Å². The van der Waals surface area contributed by atoms with E-state index in [1.165, 1.54) is 19.3 Å². The van der Waals surface area contributed by atoms with Crippen LogP contribution in [0.5, 0.6) is 0 Å². The quantitative estimate of drug-likeness (QED) is 0.726. The van der Waals surface area contributed by atoms with Crippen molar-refractivity contribution in [2.45, 2.75) is 68.9 Å². The molecule has 124 valence electrons. The second-order valence-electron chi connectivity index (χ2n) is 7.67. The topological polar surface area (TPSA) is 36.9 Å². The van der Waals surface area contributed by atoms with Gasteiger partial charge in [-0.15, -0.1) is 0 Å². The van der Waals surface area contributed by atoms with E-state index in [4.69, 9.17) is 19.6 Å². The summed E-state index contributed by atoms with van der Waals surface area (Å²) in [6.45, 7) is 0. The van der Waals surface area contributed by atoms with Crippen molar-refractivity contribution in [3.8, 4) is 0 Å². The molecule has 4 unspecified atom stereocenters. The fourth-order valence-electron chi connectivity index (χ4n) is 5.23. The van der Waals surface area contributed by atoms with Crippen molar-refractivity contribution in [1.29, 1.82) is 0 Å². The lowest BCUT2D eigenvalue weighted by atomic mass is 9.77. The average molecular weight is 316 g/mol. The molecule has 5 rings (SSSR count). The van der Waals surface area contributed by atoms with Crippen LogP contribution in [0.1, 0.15) is 56.9 Å². The van der Waals surface area contributed by atoms with Gasteiger partial charge in [0.05, 0.1) is 0 Å². The summed E-state index contributed by atoms with van der Waals surface area (Å²) in [5.74, 6) is 0.244. The van der Waals surface area contributed by atoms with Crippen LogP contribution in [0.2, 0.25) is 0 Å². The van der Waals surface area contributed by atoms with Gasteiger partial charge in [0.2, 0.25) is 5.79 Å². The van der Waals surface area contributed by atoms with Crippen molar-refractivity contribution >= 4 is 0 Å². The number of hydrogen-bond acceptors (Lipinski definition) is 4. The third-order valence-electron chi connectivity index (χ3n) is 6.41. The van der Waals surface area contributed by atoms with E-state index >= 15 is 0 Å². The Morgan fingerprint density at radius 2 is 1.70 bits per heavy atom. The monoisotopic (exact) mass is 316 g/mol. The van der Waals surface area contributed by atoms with Crippen LogP contribution in [0, 0.1) is 11.8 Å². The molecule has 3 aliphatic carbocycles. The van der Waals surface area contributed by atoms with Gasteiger partial charge in [0, 0.05) is 12.8 Å². The van der Waals surface area contributed by atoms with Gasteiger partial charge >= 0.3 is 0 Å². The molecule has 4 aliphatic rings. The maximum Gasteiger partial charge on any atom is 0.234 e. The Morgan fingerprint density at radius 1 is 0.870 bits per heavy atom. The molecule has 1 spiro atoms. The van der Waals surface area contributed by atoms with Crippen LogP contribution in [-0.2, 0) is 25.2 Å². The maximum absolute atomic E-state index is 6.28. The lowest BCUT2D eigenvalue weighted by Crippen LogP contribution is -2.47. The maximum atomic E-state index is 6.28. The Hall–Kier alpha value is -0.940. The van der Waals surface area contributed by atoms with E-state index in [0.29, 0.717) is 11.8 Å². The molecule has 4 heteroatoms. The first kappa shape index (κ1) is 14.4. The molecule has 4 fully saturated rings. The molecule has 1 aromatic rings. The Labute approximate surface area is 136 Å². The Morgan fingerprint density at radius 3 is 2.52 bits per heavy atom. The summed E-state index contributed by atoms with van der Waals surface area (Å²) in [6, 6.07) is 10.5. The molecule has 0 aromatic heterocycles. The minimum atomic E-state index is -0.705. The van der Waals surface area contributed by atoms with Crippen molar-refractivity contribution < 1.29 is 19.6 Å². The third-order valence-corrected chi connectivity index (χ3v) is 6.41. The largest absolute Gasteiger partial charge is 0.234 e. The van der Waals surface area contributed by atoms with Crippen LogP contribution >= 0.6 is 0 Å². The first-order valence-electron chi connectivity index (χ1n) is 9.09. The fourth-order valence-corrected chi connectivity index (χ4v) is 5.23. The zero-order chi connectivity index (χ0) is 15.3. The van der Waals surface area contributed by atoms with Crippen molar-refractivity contribution in [1.82, 2.24) is 0 Å². The highest BCUT2D eigenvalue weighted by Gasteiger charge is 2.65. The number of hydrogen-bond donors (Lipinski definition) is 0. The van der Waals surface area contributed by atoms with E-state index in [1.54, 1.807) is 0 Å². The number of benzene rings is 1. The number of rotatable bonds is 1. The number of fused-ring (bicyclic) bond motifs is 5. The van der Waals surface area contributed by atoms with Gasteiger partial charge in [0.1, 0.15) is 6.10 Å². The lowest BCUT2D eigenvalue weighted by molar-refractivity contribution is -0.500. The molecular formula is C19H24O4. The van der Waals surface area contributed by atoms with Crippen molar-refractivity contribution in [2.75, 3.05) is 0 Å². The molecule has 1 aliphatic heterocycles. The predicted molar refractivity (Wildman–Crippen MR) is 82.9 cm³/mol. The third kappa shape index (κ3) is 2.05. The molecule has 1 aromatic carbocycles. The van der Waals surface area contributed by atoms with Gasteiger partial charge in [0.15, 0.2) is 5.60 Å². The minimum Gasteiger partial charge on any atom is -0.226 e. The molecule has 4 nitrogen and oxygen atoms in total. The van der Waals surface area contributed by atoms with Crippen molar-refractivity contribution in [3.05, 3.63) is 35.9 Å². The van der Waals surface area contributed by atoms with E-state index in [9.17, 15) is 0 Å². The van der Waals surface area contributed by atoms with Crippen LogP contribution < -0.4 is 0 Å². The summed E-state index contributed by atoms with van der Waals surface area (Å²) in [6.07, 6.45) is 8.57. The Kier molecular flexibility index (Phi) is 3.31. The van der Waals surface area contributed by atoms with Gasteiger partial charge in [-0.1, -0.05) is 36.8 Å². The zero-order valence-electron chi connectivity index (χ0n) is 13.4. The van der Waals surface area contributed by atoms with Crippen LogP contribution in [0.4, 0.5) is 0 Å². The molecular weight excluding hydrogens is 292 g/mol. The van der Waals surface area contributed by atoms with Crippen molar-refractivity contribution in [2.24, 2.45) is 11.8 Å². The highest BCUT2D eigenvalue weighted by atomic mass is 17.3. The molecule has 0 amide bonds. The molecule has 23 heavy (non-hydrogen) atoms. The normalized spacial score (nSPS) is 41.7. The van der Waals surface area contributed by atoms with Gasteiger partial charge in [0.25, 0.3) is 0 Å². The van der Waals surface area contributed by atoms with E-state index < -0.39 is 11.4 Å². The van der Waals surface area contributed by atoms with Crippen molar-refractivity contribution in [3.63, 3.8) is 0 Å². The average Bonchev–Trinajstić information content (AvgIpc) is 3.16. The predicted octanol–water partition coefficient (Wildman–Crippen LogP) is 4.25. The first-order valence-corrected chi connectivity index (χ1v) is 9.09. The van der Waals surface area contributed by atoms with Crippen LogP contribution in [0.3, 0.4) is 0 Å². The molecule has 4 atom stereocenters. The fraction of sp³-hybridized carbons (Fsp3) is 0.684. The summed E-state index contributed by atoms with van der Waals surface area (Å²) in [5, 5.41) is 0. The molecule has 0 N–H and O–H groups in total. The second-order valence-corrected chi connectivity index (χ2v) is 7.67. The summed E-state index contributed by atoms with van der Waals surface area (Å²) < 4.78 is 0. The van der Waals surface area contributed by atoms with Gasteiger partial charge in [-0.2, -0.15) is 9.78 Å². The smallest absolute Gasteiger partial charge is 0.226 e. The standard InChI is InChI=1S/C19H24O4/c1-3-7-15(8-4-1)19-16-10-9-14(13-16)17(19)20-21-18(22-23-19)11-5-2-6-12-18/h1,3-4,7-8,14,16-17H,2,5-6,9-13H2. The van der Waals surface area contributed by atoms with Crippen LogP contribution in [0.15, 0.2) is 30.3 Å². The lowest BCUT2D eigenvalue weighted by Gasteiger charge is -2.39. The Bertz CT molecular complexity index is 568. The van der Waals surface area contributed by atoms with E-state index in [1.807, 2.05) is 6.07 Å². The van der Waals surface area contributed by atoms with E-state index in [-0.39, 0.29) is 6.10 Å². The zero-order valence-corrected chi connectivity index (χ0v) is 13.4. The van der Waals surface area contributed by atoms with Crippen LogP contribution in [0.25, 0.3) is 0 Å². The summed E-state index contributed by atoms with van der Waals surface area (Å²) in [5.41, 5.74) is 0.652. The van der Waals surface area contributed by atoms with E-state index in [0.717, 1.165) is 37.7 Å². The highest BCUT2D eigenvalue weighted by Crippen LogP contribution is 2.60. The molecule has 1 heterocycles. The first-order chi connectivity index (χ1) is 11.3. The SMILES string of the molecule is c1ccc(C23OOC4(CCCCC4)OOC2C2CCC3C2)cc1. The van der Waals surface area contributed by atoms with Gasteiger partial charge < -0.3 is 0 Å². The Balaban J connectivity index is 1.53. The summed E-state index contributed by atoms with van der Waals surface area (Å²) in [4.78, 5) is 24.2. The molecule has 3 saturated carbocycles. The van der Waals surface area contributed by atoms with Gasteiger partial charge in [-0.05, 0) is 49.5 Å². The van der Waals surface area contributed by atoms with Crippen LogP contribution in [-0.4, -0.2) is 11.9 Å². The molecule has 1 saturated heterocycles. The second kappa shape index (κ2) is 5.28. The minimum absolute atomic E-state index is 0.0649. The molecule has 0 radical (unpaired) electrons. The van der Waals surface area contributed by atoms with Gasteiger partial charge in [-0.25, -0.2) is 9.78 Å². The summed E-state index contributed by atoms with van der Waals surface area (Å²) in [7, 11) is 0.